The van der Waals surface area contributed by atoms with Gasteiger partial charge in [0.1, 0.15) is 0 Å². The second-order valence-electron chi connectivity index (χ2n) is 6.23. The largest absolute Gasteiger partial charge is 0.481 e. The first kappa shape index (κ1) is 17.6. The number of aromatic nitrogens is 1. The number of hydrogen-bond acceptors (Lipinski definition) is 6. The first-order chi connectivity index (χ1) is 12.0. The number of aliphatic hydroxyl groups is 1. The number of nitrogens with one attached hydrogen (secondary N) is 1. The molecule has 1 aliphatic rings. The van der Waals surface area contributed by atoms with Gasteiger partial charge in [-0.25, -0.2) is 4.98 Å². The molecule has 2 aromatic heterocycles. The number of methoxy groups -OCH3 is 1. The molecule has 1 unspecified atom stereocenters. The Morgan fingerprint density at radius 1 is 1.40 bits per heavy atom. The van der Waals surface area contributed by atoms with E-state index in [0.29, 0.717) is 29.2 Å². The molecule has 1 fully saturated rings. The maximum atomic E-state index is 12.6. The molecule has 3 rings (SSSR count). The molecule has 25 heavy (non-hydrogen) atoms. The van der Waals surface area contributed by atoms with Gasteiger partial charge in [-0.3, -0.25) is 9.59 Å². The minimum Gasteiger partial charge on any atom is -0.481 e. The van der Waals surface area contributed by atoms with E-state index in [0.717, 1.165) is 5.56 Å². The number of carbonyl (C=O) groups is 2. The zero-order chi connectivity index (χ0) is 18.0. The minimum atomic E-state index is -0.318. The van der Waals surface area contributed by atoms with E-state index in [-0.39, 0.29) is 29.8 Å². The highest BCUT2D eigenvalue weighted by Crippen LogP contribution is 2.38. The van der Waals surface area contributed by atoms with E-state index in [2.05, 4.69) is 10.3 Å². The highest BCUT2D eigenvalue weighted by molar-refractivity contribution is 7.12. The van der Waals surface area contributed by atoms with Crippen molar-refractivity contribution in [3.63, 3.8) is 0 Å². The lowest BCUT2D eigenvalue weighted by atomic mass is 9.75. The van der Waals surface area contributed by atoms with E-state index in [1.165, 1.54) is 18.3 Å². The summed E-state index contributed by atoms with van der Waals surface area (Å²) in [6.45, 7) is 1.48. The average Bonchev–Trinajstić information content (AvgIpc) is 3.08. The quantitative estimate of drug-likeness (QED) is 0.773. The van der Waals surface area contributed by atoms with Crippen LogP contribution in [0.15, 0.2) is 29.8 Å². The number of pyridine rings is 1. The first-order valence-corrected chi connectivity index (χ1v) is 8.94. The molecule has 7 heteroatoms. The van der Waals surface area contributed by atoms with Crippen LogP contribution in [0.4, 0.5) is 0 Å². The number of aliphatic hydroxyl groups excluding tert-OH is 1. The summed E-state index contributed by atoms with van der Waals surface area (Å²) in [6, 6.07) is 4.99. The van der Waals surface area contributed by atoms with Gasteiger partial charge in [-0.05, 0) is 37.3 Å². The number of Topliss-reactive ketones (excluding diaryl/α,β-unsaturated/α-hetero) is 1. The van der Waals surface area contributed by atoms with Crippen LogP contribution in [0.1, 0.15) is 51.4 Å². The number of carbonyl (C=O) groups excluding carboxylic acids is 2. The monoisotopic (exact) mass is 360 g/mol. The summed E-state index contributed by atoms with van der Waals surface area (Å²) in [5.41, 5.74) is 1.34. The van der Waals surface area contributed by atoms with Crippen molar-refractivity contribution < 1.29 is 19.4 Å². The zero-order valence-corrected chi connectivity index (χ0v) is 14.9. The summed E-state index contributed by atoms with van der Waals surface area (Å²) in [5, 5.41) is 14.3. The van der Waals surface area contributed by atoms with E-state index < -0.39 is 0 Å². The highest BCUT2D eigenvalue weighted by Gasteiger charge is 2.36. The van der Waals surface area contributed by atoms with Crippen molar-refractivity contribution in [2.45, 2.75) is 31.9 Å². The Kier molecular flexibility index (Phi) is 5.15. The van der Waals surface area contributed by atoms with E-state index in [1.54, 1.807) is 30.8 Å². The van der Waals surface area contributed by atoms with Gasteiger partial charge in [0.25, 0.3) is 5.91 Å². The molecule has 0 radical (unpaired) electrons. The molecule has 2 N–H and O–H groups in total. The lowest BCUT2D eigenvalue weighted by Gasteiger charge is -2.38. The van der Waals surface area contributed by atoms with Crippen molar-refractivity contribution in [1.29, 1.82) is 0 Å². The first-order valence-electron chi connectivity index (χ1n) is 8.06. The Morgan fingerprint density at radius 3 is 2.68 bits per heavy atom. The average molecular weight is 360 g/mol. The van der Waals surface area contributed by atoms with Gasteiger partial charge in [0.05, 0.1) is 29.7 Å². The van der Waals surface area contributed by atoms with Crippen LogP contribution in [0.25, 0.3) is 0 Å². The second-order valence-corrected chi connectivity index (χ2v) is 7.14. The van der Waals surface area contributed by atoms with Gasteiger partial charge in [-0.1, -0.05) is 6.07 Å². The zero-order valence-electron chi connectivity index (χ0n) is 14.1. The summed E-state index contributed by atoms with van der Waals surface area (Å²) in [7, 11) is 1.55. The van der Waals surface area contributed by atoms with Gasteiger partial charge < -0.3 is 15.2 Å². The molecule has 0 saturated heterocycles. The lowest BCUT2D eigenvalue weighted by molar-refractivity contribution is 0.0234. The van der Waals surface area contributed by atoms with Crippen LogP contribution in [0.2, 0.25) is 0 Å². The Morgan fingerprint density at radius 2 is 2.16 bits per heavy atom. The number of nitrogens with zero attached hydrogens (tertiary/aromatic N) is 1. The molecule has 1 amide bonds. The van der Waals surface area contributed by atoms with Crippen LogP contribution in [0.3, 0.4) is 0 Å². The van der Waals surface area contributed by atoms with Gasteiger partial charge in [-0.15, -0.1) is 11.3 Å². The van der Waals surface area contributed by atoms with Crippen LogP contribution in [0.5, 0.6) is 5.88 Å². The molecular formula is C18H20N2O4S. The predicted octanol–water partition coefficient (Wildman–Crippen LogP) is 2.60. The number of ketones is 1. The molecule has 0 bridgehead atoms. The maximum absolute atomic E-state index is 12.6. The summed E-state index contributed by atoms with van der Waals surface area (Å²) in [4.78, 5) is 28.8. The number of rotatable bonds is 6. The molecule has 1 aliphatic carbocycles. The fourth-order valence-corrected chi connectivity index (χ4v) is 3.73. The van der Waals surface area contributed by atoms with Crippen LogP contribution < -0.4 is 10.1 Å². The van der Waals surface area contributed by atoms with Crippen LogP contribution in [0, 0.1) is 5.92 Å². The Hall–Kier alpha value is -2.25. The van der Waals surface area contributed by atoms with E-state index in [1.807, 2.05) is 6.07 Å². The Balaban J connectivity index is 1.79. The molecule has 1 saturated carbocycles. The highest BCUT2D eigenvalue weighted by atomic mass is 32.1. The van der Waals surface area contributed by atoms with Gasteiger partial charge in [-0.2, -0.15) is 0 Å². The summed E-state index contributed by atoms with van der Waals surface area (Å²) < 4.78 is 5.07. The molecule has 132 valence electrons. The molecule has 0 aromatic carbocycles. The number of hydrogen-bond donors (Lipinski definition) is 2. The molecule has 0 spiro atoms. The van der Waals surface area contributed by atoms with Crippen molar-refractivity contribution in [2.24, 2.45) is 5.92 Å². The van der Waals surface area contributed by atoms with Crippen molar-refractivity contribution in [1.82, 2.24) is 10.3 Å². The van der Waals surface area contributed by atoms with E-state index in [9.17, 15) is 14.7 Å². The van der Waals surface area contributed by atoms with Gasteiger partial charge >= 0.3 is 0 Å². The molecule has 2 aromatic rings. The van der Waals surface area contributed by atoms with Crippen LogP contribution in [-0.2, 0) is 0 Å². The smallest absolute Gasteiger partial charge is 0.252 e. The summed E-state index contributed by atoms with van der Waals surface area (Å²) in [5.74, 6) is 0.375. The fraction of sp³-hybridized carbons (Fsp3) is 0.389. The van der Waals surface area contributed by atoms with Crippen molar-refractivity contribution in [3.8, 4) is 5.88 Å². The molecular weight excluding hydrogens is 340 g/mol. The molecule has 0 aliphatic heterocycles. The third-order valence-corrected chi connectivity index (χ3v) is 5.47. The standard InChI is InChI=1S/C18H20N2O4S/c1-10(21)15-7-13(9-25-15)18(23)20-17(12-5-14(22)6-12)11-3-4-16(24-2)19-8-11/h3-4,7-9,12,14,17,22H,5-6H2,1-2H3,(H,20,23). The van der Waals surface area contributed by atoms with E-state index >= 15 is 0 Å². The van der Waals surface area contributed by atoms with Crippen LogP contribution >= 0.6 is 11.3 Å². The summed E-state index contributed by atoms with van der Waals surface area (Å²) in [6.07, 6.45) is 2.64. The number of thiophene rings is 1. The van der Waals surface area contributed by atoms with Crippen molar-refractivity contribution >= 4 is 23.0 Å². The predicted molar refractivity (Wildman–Crippen MR) is 94.1 cm³/mol. The molecule has 6 nitrogen and oxygen atoms in total. The SMILES string of the molecule is COc1ccc(C(NC(=O)c2csc(C(C)=O)c2)C2CC(O)C2)cn1. The topological polar surface area (TPSA) is 88.5 Å². The maximum Gasteiger partial charge on any atom is 0.252 e. The number of amides is 1. The second kappa shape index (κ2) is 7.33. The van der Waals surface area contributed by atoms with Gasteiger partial charge in [0, 0.05) is 17.6 Å². The van der Waals surface area contributed by atoms with E-state index in [4.69, 9.17) is 4.74 Å². The fourth-order valence-electron chi connectivity index (χ4n) is 2.94. The van der Waals surface area contributed by atoms with Crippen LogP contribution in [-0.4, -0.2) is 35.0 Å². The van der Waals surface area contributed by atoms with Crippen molar-refractivity contribution in [3.05, 3.63) is 45.8 Å². The molecule has 2 heterocycles. The third kappa shape index (κ3) is 3.88. The number of ether oxygens (including phenoxy) is 1. The summed E-state index contributed by atoms with van der Waals surface area (Å²) >= 11 is 1.26. The minimum absolute atomic E-state index is 0.0536. The Labute approximate surface area is 149 Å². The van der Waals surface area contributed by atoms with Gasteiger partial charge in [0.2, 0.25) is 5.88 Å². The molecule has 1 atom stereocenters. The van der Waals surface area contributed by atoms with Crippen molar-refractivity contribution in [2.75, 3.05) is 7.11 Å². The van der Waals surface area contributed by atoms with Gasteiger partial charge in [0.15, 0.2) is 5.78 Å². The third-order valence-electron chi connectivity index (χ3n) is 4.44. The Bertz CT molecular complexity index is 766. The normalized spacial score (nSPS) is 20.4. The lowest BCUT2D eigenvalue weighted by Crippen LogP contribution is -2.41.